The zero-order valence-corrected chi connectivity index (χ0v) is 10.4. The van der Waals surface area contributed by atoms with Crippen LogP contribution in [0.2, 0.25) is 5.02 Å². The van der Waals surface area contributed by atoms with Crippen LogP contribution in [-0.4, -0.2) is 11.5 Å². The van der Waals surface area contributed by atoms with Crippen LogP contribution >= 0.6 is 24.0 Å². The maximum atomic E-state index is 8.83. The lowest BCUT2D eigenvalue weighted by molar-refractivity contribution is -0.137. The summed E-state index contributed by atoms with van der Waals surface area (Å²) in [6.07, 6.45) is 1.76. The first-order valence-corrected chi connectivity index (χ1v) is 4.84. The molecule has 0 atom stereocenters. The van der Waals surface area contributed by atoms with E-state index in [-0.39, 0.29) is 23.6 Å². The molecule has 0 aliphatic carbocycles. The Morgan fingerprint density at radius 1 is 1.50 bits per heavy atom. The van der Waals surface area contributed by atoms with Gasteiger partial charge in [0, 0.05) is 17.2 Å². The number of hydrogen-bond acceptors (Lipinski definition) is 4. The molecule has 0 saturated heterocycles. The lowest BCUT2D eigenvalue weighted by atomic mass is 9.86. The monoisotopic (exact) mass is 262 g/mol. The summed E-state index contributed by atoms with van der Waals surface area (Å²) in [5.41, 5.74) is 6.99. The summed E-state index contributed by atoms with van der Waals surface area (Å²) in [6.45, 7) is 3.89. The molecule has 0 amide bonds. The summed E-state index contributed by atoms with van der Waals surface area (Å²) >= 11 is 6.00. The Bertz CT molecular complexity index is 459. The van der Waals surface area contributed by atoms with Crippen LogP contribution in [0.3, 0.4) is 0 Å². The Morgan fingerprint density at radius 2 is 2.12 bits per heavy atom. The summed E-state index contributed by atoms with van der Waals surface area (Å²) in [7, 11) is 0. The molecule has 1 aliphatic heterocycles. The smallest absolute Gasteiger partial charge is 0.194 e. The number of halogens is 2. The molecule has 0 spiro atoms. The number of aliphatic imine (C=N–C) groups is 1. The van der Waals surface area contributed by atoms with Crippen LogP contribution in [0, 0.1) is 0 Å². The highest BCUT2D eigenvalue weighted by atomic mass is 35.5. The van der Waals surface area contributed by atoms with Crippen molar-refractivity contribution in [1.82, 2.24) is 0 Å². The molecule has 0 aromatic heterocycles. The van der Waals surface area contributed by atoms with Gasteiger partial charge in [0.05, 0.1) is 16.4 Å². The van der Waals surface area contributed by atoms with Crippen LogP contribution in [0.15, 0.2) is 11.1 Å². The van der Waals surface area contributed by atoms with Gasteiger partial charge in [0.1, 0.15) is 0 Å². The number of nitrogens with zero attached hydrogens (tertiary/aromatic N) is 1. The fraction of sp³-hybridized carbons (Fsp3) is 0.300. The van der Waals surface area contributed by atoms with Gasteiger partial charge in [0.15, 0.2) is 5.75 Å². The third-order valence-corrected chi connectivity index (χ3v) is 2.77. The van der Waals surface area contributed by atoms with Gasteiger partial charge in [-0.15, -0.1) is 12.4 Å². The molecule has 1 heterocycles. The van der Waals surface area contributed by atoms with Crippen molar-refractivity contribution in [2.75, 3.05) is 5.73 Å². The van der Waals surface area contributed by atoms with E-state index in [9.17, 15) is 0 Å². The highest BCUT2D eigenvalue weighted by molar-refractivity contribution is 6.34. The van der Waals surface area contributed by atoms with Crippen molar-refractivity contribution in [2.45, 2.75) is 19.3 Å². The van der Waals surface area contributed by atoms with Gasteiger partial charge in [0.25, 0.3) is 0 Å². The molecule has 4 nitrogen and oxygen atoms in total. The topological polar surface area (TPSA) is 67.8 Å². The van der Waals surface area contributed by atoms with E-state index >= 15 is 0 Å². The average Bonchev–Trinajstić information content (AvgIpc) is 2.44. The number of nitrogen functional groups attached to an aromatic ring is 1. The van der Waals surface area contributed by atoms with Crippen molar-refractivity contribution in [3.8, 4) is 5.75 Å². The van der Waals surface area contributed by atoms with Gasteiger partial charge < -0.3 is 10.6 Å². The third-order valence-electron chi connectivity index (χ3n) is 2.49. The molecule has 2 rings (SSSR count). The van der Waals surface area contributed by atoms with Crippen LogP contribution in [0.1, 0.15) is 19.4 Å². The van der Waals surface area contributed by atoms with Crippen molar-refractivity contribution < 1.29 is 10.1 Å². The van der Waals surface area contributed by atoms with Crippen LogP contribution in [-0.2, 0) is 5.41 Å². The van der Waals surface area contributed by atoms with Crippen LogP contribution in [0.5, 0.6) is 5.75 Å². The number of hydrogen-bond donors (Lipinski definition) is 2. The molecule has 0 unspecified atom stereocenters. The van der Waals surface area contributed by atoms with Crippen molar-refractivity contribution in [2.24, 2.45) is 4.99 Å². The molecule has 88 valence electrons. The second-order valence-corrected chi connectivity index (χ2v) is 4.48. The van der Waals surface area contributed by atoms with Crippen molar-refractivity contribution in [3.63, 3.8) is 0 Å². The molecular formula is C10H12Cl2N2O2. The van der Waals surface area contributed by atoms with Crippen LogP contribution in [0.25, 0.3) is 0 Å². The van der Waals surface area contributed by atoms with E-state index < -0.39 is 0 Å². The fourth-order valence-corrected chi connectivity index (χ4v) is 2.02. The van der Waals surface area contributed by atoms with E-state index in [2.05, 4.69) is 9.88 Å². The van der Waals surface area contributed by atoms with Gasteiger partial charge in [-0.2, -0.15) is 0 Å². The molecule has 16 heavy (non-hydrogen) atoms. The van der Waals surface area contributed by atoms with E-state index in [1.165, 1.54) is 6.07 Å². The zero-order valence-electron chi connectivity index (χ0n) is 8.82. The van der Waals surface area contributed by atoms with Crippen molar-refractivity contribution in [1.29, 1.82) is 0 Å². The molecule has 0 saturated carbocycles. The highest BCUT2D eigenvalue weighted by Crippen LogP contribution is 2.49. The number of rotatable bonds is 1. The minimum atomic E-state index is -0.341. The van der Waals surface area contributed by atoms with Gasteiger partial charge in [-0.25, -0.2) is 5.26 Å². The van der Waals surface area contributed by atoms with E-state index in [1.54, 1.807) is 6.21 Å². The maximum Gasteiger partial charge on any atom is 0.194 e. The number of anilines is 1. The lowest BCUT2D eigenvalue weighted by Gasteiger charge is -2.19. The largest absolute Gasteiger partial charge is 0.396 e. The lowest BCUT2D eigenvalue weighted by Crippen LogP contribution is -2.17. The summed E-state index contributed by atoms with van der Waals surface area (Å²) in [5.74, 6) is 0.233. The van der Waals surface area contributed by atoms with E-state index in [4.69, 9.17) is 22.6 Å². The number of benzene rings is 1. The summed E-state index contributed by atoms with van der Waals surface area (Å²) in [6, 6.07) is 1.52. The first-order chi connectivity index (χ1) is 6.97. The summed E-state index contributed by atoms with van der Waals surface area (Å²) in [5, 5.41) is 9.29. The minimum Gasteiger partial charge on any atom is -0.396 e. The number of fused-ring (bicyclic) bond motifs is 1. The average molecular weight is 263 g/mol. The third kappa shape index (κ3) is 1.73. The predicted octanol–water partition coefficient (Wildman–Crippen LogP) is 3.19. The molecule has 6 heteroatoms. The van der Waals surface area contributed by atoms with E-state index in [1.807, 2.05) is 13.8 Å². The molecule has 3 N–H and O–H groups in total. The van der Waals surface area contributed by atoms with Gasteiger partial charge in [-0.05, 0) is 6.07 Å². The van der Waals surface area contributed by atoms with Gasteiger partial charge in [-0.3, -0.25) is 4.99 Å². The zero-order chi connectivity index (χ0) is 11.2. The van der Waals surface area contributed by atoms with Gasteiger partial charge >= 0.3 is 0 Å². The van der Waals surface area contributed by atoms with Crippen molar-refractivity contribution in [3.05, 3.63) is 16.7 Å². The number of nitrogens with two attached hydrogens (primary N) is 1. The Kier molecular flexibility index (Phi) is 3.38. The second kappa shape index (κ2) is 4.13. The minimum absolute atomic E-state index is 0. The van der Waals surface area contributed by atoms with E-state index in [0.717, 1.165) is 5.56 Å². The Labute approximate surface area is 104 Å². The normalized spacial score (nSPS) is 15.5. The molecule has 0 fully saturated rings. The first-order valence-electron chi connectivity index (χ1n) is 4.46. The molecule has 1 aliphatic rings. The maximum absolute atomic E-state index is 8.83. The fourth-order valence-electron chi connectivity index (χ4n) is 1.75. The highest BCUT2D eigenvalue weighted by Gasteiger charge is 2.33. The van der Waals surface area contributed by atoms with E-state index in [0.29, 0.717) is 16.4 Å². The Balaban J connectivity index is 0.00000128. The molecular weight excluding hydrogens is 251 g/mol. The molecule has 1 aromatic carbocycles. The van der Waals surface area contributed by atoms with Crippen LogP contribution < -0.4 is 10.6 Å². The van der Waals surface area contributed by atoms with Crippen LogP contribution in [0.4, 0.5) is 11.4 Å². The Morgan fingerprint density at radius 3 is 2.69 bits per heavy atom. The quantitative estimate of drug-likeness (QED) is 0.464. The second-order valence-electron chi connectivity index (χ2n) is 4.07. The first kappa shape index (κ1) is 13.1. The summed E-state index contributed by atoms with van der Waals surface area (Å²) < 4.78 is 0. The van der Waals surface area contributed by atoms with Crippen molar-refractivity contribution >= 4 is 41.6 Å². The van der Waals surface area contributed by atoms with Gasteiger partial charge in [-0.1, -0.05) is 25.4 Å². The molecule has 0 radical (unpaired) electrons. The summed E-state index contributed by atoms with van der Waals surface area (Å²) in [4.78, 5) is 8.51. The molecule has 1 aromatic rings. The standard InChI is InChI=1S/C10H11ClN2O2.ClH/c1-10(2)4-13-8-5(11)3-6(12)9(15-14)7(8)10;/h3-4,14H,12H2,1-2H3;1H. The van der Waals surface area contributed by atoms with Gasteiger partial charge in [0.2, 0.25) is 0 Å². The SMILES string of the molecule is CC1(C)C=Nc2c(Cl)cc(N)c(OO)c21.Cl. The Hall–Kier alpha value is -0.970. The predicted molar refractivity (Wildman–Crippen MR) is 67.5 cm³/mol. The molecule has 0 bridgehead atoms.